The standard InChI is InChI=1S/C28H30N8O6/c1-2-29-28(39)35-25-22-26(33-14-32-25)36(15-34-22)19-10-17(11-40-12-18-21(27(37)38)31-13-30-18)23-24(19)42-20(41-23)9-8-16-6-4-3-5-7-16/h3-9,13-15,17,19-20,23-24H,2,10-12H2,1H3,(H,30,31)(H,37,38)(H2,29,32,33,35,39)/t17?,19?,20-,23?,24?/m0/s1. The number of imidazole rings is 2. The van der Waals surface area contributed by atoms with Gasteiger partial charge in [0.2, 0.25) is 0 Å². The largest absolute Gasteiger partial charge is 0.476 e. The molecule has 1 aliphatic heterocycles. The average molecular weight is 575 g/mol. The van der Waals surface area contributed by atoms with Crippen LogP contribution in [0.1, 0.15) is 41.1 Å². The fraction of sp³-hybridized carbons (Fsp3) is 0.357. The van der Waals surface area contributed by atoms with Gasteiger partial charge in [-0.1, -0.05) is 36.4 Å². The smallest absolute Gasteiger partial charge is 0.356 e. The van der Waals surface area contributed by atoms with Gasteiger partial charge in [-0.2, -0.15) is 0 Å². The number of carboxylic acid groups (broad SMARTS) is 1. The summed E-state index contributed by atoms with van der Waals surface area (Å²) in [4.78, 5) is 43.4. The van der Waals surface area contributed by atoms with Gasteiger partial charge in [0, 0.05) is 12.5 Å². The number of anilines is 1. The van der Waals surface area contributed by atoms with E-state index >= 15 is 0 Å². The predicted octanol–water partition coefficient (Wildman–Crippen LogP) is 2.99. The first-order valence-corrected chi connectivity index (χ1v) is 13.6. The summed E-state index contributed by atoms with van der Waals surface area (Å²) in [7, 11) is 0. The molecule has 2 fully saturated rings. The zero-order valence-corrected chi connectivity index (χ0v) is 22.7. The van der Waals surface area contributed by atoms with Gasteiger partial charge >= 0.3 is 12.0 Å². The van der Waals surface area contributed by atoms with E-state index in [2.05, 4.69) is 35.6 Å². The third-order valence-electron chi connectivity index (χ3n) is 7.32. The van der Waals surface area contributed by atoms with Crippen LogP contribution in [0.5, 0.6) is 0 Å². The number of hydrogen-bond acceptors (Lipinski definition) is 9. The Balaban J connectivity index is 1.23. The van der Waals surface area contributed by atoms with E-state index < -0.39 is 12.3 Å². The number of aromatic carboxylic acids is 1. The van der Waals surface area contributed by atoms with Gasteiger partial charge < -0.3 is 34.2 Å². The van der Waals surface area contributed by atoms with Crippen molar-refractivity contribution in [2.45, 2.75) is 44.5 Å². The number of carboxylic acids is 1. The van der Waals surface area contributed by atoms with Crippen LogP contribution in [0.15, 0.2) is 55.4 Å². The first-order valence-electron chi connectivity index (χ1n) is 13.6. The summed E-state index contributed by atoms with van der Waals surface area (Å²) in [6, 6.07) is 9.30. The molecule has 3 aromatic heterocycles. The molecule has 2 amide bonds. The van der Waals surface area contributed by atoms with Crippen LogP contribution in [0.4, 0.5) is 10.6 Å². The first kappa shape index (κ1) is 27.5. The number of nitrogens with one attached hydrogen (secondary N) is 3. The van der Waals surface area contributed by atoms with Crippen LogP contribution in [-0.2, 0) is 20.8 Å². The number of nitrogens with zero attached hydrogens (tertiary/aromatic N) is 5. The third-order valence-corrected chi connectivity index (χ3v) is 7.32. The van der Waals surface area contributed by atoms with Crippen molar-refractivity contribution in [2.75, 3.05) is 18.5 Å². The van der Waals surface area contributed by atoms with Crippen molar-refractivity contribution >= 4 is 35.1 Å². The number of aromatic amines is 1. The van der Waals surface area contributed by atoms with E-state index in [9.17, 15) is 14.7 Å². The van der Waals surface area contributed by atoms with Gasteiger partial charge in [-0.25, -0.2) is 29.5 Å². The second kappa shape index (κ2) is 12.1. The van der Waals surface area contributed by atoms with Crippen molar-refractivity contribution < 1.29 is 28.9 Å². The minimum Gasteiger partial charge on any atom is -0.476 e. The van der Waals surface area contributed by atoms with E-state index in [4.69, 9.17) is 14.2 Å². The molecule has 2 aliphatic rings. The van der Waals surface area contributed by atoms with Crippen molar-refractivity contribution in [1.29, 1.82) is 0 Å². The summed E-state index contributed by atoms with van der Waals surface area (Å²) < 4.78 is 20.7. The summed E-state index contributed by atoms with van der Waals surface area (Å²) in [6.07, 6.45) is 7.66. The van der Waals surface area contributed by atoms with Gasteiger partial charge in [0.15, 0.2) is 29.0 Å². The number of ether oxygens (including phenoxy) is 3. The zero-order valence-electron chi connectivity index (χ0n) is 22.7. The lowest BCUT2D eigenvalue weighted by Crippen LogP contribution is -2.29. The van der Waals surface area contributed by atoms with E-state index in [1.54, 1.807) is 6.33 Å². The highest BCUT2D eigenvalue weighted by molar-refractivity contribution is 5.95. The van der Waals surface area contributed by atoms with Crippen LogP contribution in [-0.4, -0.2) is 78.2 Å². The minimum absolute atomic E-state index is 0.0640. The highest BCUT2D eigenvalue weighted by atomic mass is 16.7. The van der Waals surface area contributed by atoms with Gasteiger partial charge in [-0.3, -0.25) is 5.32 Å². The highest BCUT2D eigenvalue weighted by Crippen LogP contribution is 2.45. The molecule has 1 saturated carbocycles. The maximum atomic E-state index is 12.1. The molecule has 4 unspecified atom stereocenters. The SMILES string of the molecule is CCNC(=O)Nc1ncnc2c1ncn2C1CC(COCc2[nH]cnc2C(=O)O)C2O[C@H](C=Cc3ccccc3)OC21. The van der Waals surface area contributed by atoms with E-state index in [0.29, 0.717) is 42.2 Å². The fourth-order valence-electron chi connectivity index (χ4n) is 5.47. The number of aromatic nitrogens is 6. The number of amides is 2. The molecule has 0 bridgehead atoms. The summed E-state index contributed by atoms with van der Waals surface area (Å²) in [5, 5.41) is 14.8. The van der Waals surface area contributed by atoms with Crippen LogP contribution in [0.25, 0.3) is 17.2 Å². The Labute approximate surface area is 240 Å². The monoisotopic (exact) mass is 574 g/mol. The van der Waals surface area contributed by atoms with Gasteiger partial charge in [0.25, 0.3) is 0 Å². The van der Waals surface area contributed by atoms with Crippen molar-refractivity contribution in [2.24, 2.45) is 5.92 Å². The van der Waals surface area contributed by atoms with Crippen molar-refractivity contribution in [3.05, 3.63) is 72.3 Å². The molecule has 4 N–H and O–H groups in total. The Morgan fingerprint density at radius 3 is 2.81 bits per heavy atom. The van der Waals surface area contributed by atoms with Gasteiger partial charge in [0.1, 0.15) is 12.4 Å². The Hall–Kier alpha value is -4.66. The Morgan fingerprint density at radius 2 is 2.00 bits per heavy atom. The number of hydrogen-bond donors (Lipinski definition) is 4. The Morgan fingerprint density at radius 1 is 1.17 bits per heavy atom. The first-order chi connectivity index (χ1) is 20.5. The van der Waals surface area contributed by atoms with Crippen LogP contribution in [0, 0.1) is 5.92 Å². The normalized spacial score (nSPS) is 23.4. The van der Waals surface area contributed by atoms with Crippen LogP contribution < -0.4 is 10.6 Å². The average Bonchev–Trinajstić information content (AvgIpc) is 3.77. The molecule has 1 saturated heterocycles. The quantitative estimate of drug-likeness (QED) is 0.220. The molecule has 5 atom stereocenters. The Bertz CT molecular complexity index is 1590. The van der Waals surface area contributed by atoms with Crippen LogP contribution >= 0.6 is 0 Å². The molecule has 42 heavy (non-hydrogen) atoms. The molecule has 0 radical (unpaired) electrons. The summed E-state index contributed by atoms with van der Waals surface area (Å²) in [5.41, 5.74) is 2.37. The van der Waals surface area contributed by atoms with Crippen molar-refractivity contribution in [3.63, 3.8) is 0 Å². The lowest BCUT2D eigenvalue weighted by Gasteiger charge is -2.19. The van der Waals surface area contributed by atoms with E-state index in [0.717, 1.165) is 5.56 Å². The summed E-state index contributed by atoms with van der Waals surface area (Å²) in [6.45, 7) is 2.67. The number of carbonyl (C=O) groups is 2. The molecular weight excluding hydrogens is 544 g/mol. The third kappa shape index (κ3) is 5.59. The second-order valence-corrected chi connectivity index (χ2v) is 9.98. The van der Waals surface area contributed by atoms with Crippen LogP contribution in [0.3, 0.4) is 0 Å². The zero-order chi connectivity index (χ0) is 29.1. The number of fused-ring (bicyclic) bond motifs is 2. The topological polar surface area (TPSA) is 178 Å². The summed E-state index contributed by atoms with van der Waals surface area (Å²) >= 11 is 0. The lowest BCUT2D eigenvalue weighted by molar-refractivity contribution is -0.0587. The number of rotatable bonds is 10. The van der Waals surface area contributed by atoms with E-state index in [1.807, 2.05) is 54.0 Å². The molecule has 1 aromatic carbocycles. The lowest BCUT2D eigenvalue weighted by atomic mass is 10.1. The number of urea groups is 1. The van der Waals surface area contributed by atoms with E-state index in [1.165, 1.54) is 12.7 Å². The second-order valence-electron chi connectivity index (χ2n) is 9.98. The number of carbonyl (C=O) groups excluding carboxylic acids is 1. The maximum absolute atomic E-state index is 12.1. The Kier molecular flexibility index (Phi) is 7.90. The van der Waals surface area contributed by atoms with Crippen LogP contribution in [0.2, 0.25) is 0 Å². The molecular formula is C28H30N8O6. The van der Waals surface area contributed by atoms with Gasteiger partial charge in [-0.05, 0) is 25.0 Å². The number of H-pyrrole nitrogens is 1. The molecule has 0 spiro atoms. The summed E-state index contributed by atoms with van der Waals surface area (Å²) in [5.74, 6) is -0.884. The molecule has 218 valence electrons. The highest BCUT2D eigenvalue weighted by Gasteiger charge is 2.52. The molecule has 1 aliphatic carbocycles. The van der Waals surface area contributed by atoms with Gasteiger partial charge in [-0.15, -0.1) is 0 Å². The van der Waals surface area contributed by atoms with Crippen molar-refractivity contribution in [1.82, 2.24) is 34.8 Å². The van der Waals surface area contributed by atoms with E-state index in [-0.39, 0.29) is 42.5 Å². The molecule has 6 rings (SSSR count). The molecule has 14 nitrogen and oxygen atoms in total. The number of benzene rings is 1. The van der Waals surface area contributed by atoms with Gasteiger partial charge in [0.05, 0.1) is 43.7 Å². The molecule has 14 heteroatoms. The van der Waals surface area contributed by atoms with Crippen molar-refractivity contribution in [3.8, 4) is 0 Å². The fourth-order valence-corrected chi connectivity index (χ4v) is 5.47. The molecule has 4 aromatic rings. The maximum Gasteiger partial charge on any atom is 0.356 e. The minimum atomic E-state index is -1.12. The molecule has 4 heterocycles. The predicted molar refractivity (Wildman–Crippen MR) is 149 cm³/mol.